The summed E-state index contributed by atoms with van der Waals surface area (Å²) < 4.78 is 0. The lowest BCUT2D eigenvalue weighted by atomic mass is 10.0. The Bertz CT molecular complexity index is 508. The van der Waals surface area contributed by atoms with E-state index in [1.165, 1.54) is 0 Å². The Labute approximate surface area is 110 Å². The number of amides is 1. The van der Waals surface area contributed by atoms with Crippen molar-refractivity contribution in [3.63, 3.8) is 0 Å². The van der Waals surface area contributed by atoms with Gasteiger partial charge in [-0.25, -0.2) is 4.98 Å². The third kappa shape index (κ3) is 2.14. The van der Waals surface area contributed by atoms with Crippen LogP contribution in [0.15, 0.2) is 18.3 Å². The molecule has 0 atom stereocenters. The summed E-state index contributed by atoms with van der Waals surface area (Å²) in [6.07, 6.45) is 3.19. The molecule has 0 spiro atoms. The summed E-state index contributed by atoms with van der Waals surface area (Å²) in [4.78, 5) is 30.3. The molecule has 0 bridgehead atoms. The number of aliphatic carboxylic acids is 1. The number of carboxylic acids is 1. The van der Waals surface area contributed by atoms with E-state index in [9.17, 15) is 9.59 Å². The summed E-state index contributed by atoms with van der Waals surface area (Å²) in [5.74, 6) is -0.130. The van der Waals surface area contributed by atoms with Gasteiger partial charge < -0.3 is 14.9 Å². The zero-order valence-electron chi connectivity index (χ0n) is 10.5. The summed E-state index contributed by atoms with van der Waals surface area (Å²) in [5, 5.41) is 8.82. The topological polar surface area (TPSA) is 73.7 Å². The van der Waals surface area contributed by atoms with Gasteiger partial charge in [-0.15, -0.1) is 0 Å². The third-order valence-corrected chi connectivity index (χ3v) is 3.67. The molecule has 6 nitrogen and oxygen atoms in total. The molecular weight excluding hydrogens is 246 g/mol. The molecule has 0 aliphatic carbocycles. The van der Waals surface area contributed by atoms with Gasteiger partial charge in [0.15, 0.2) is 0 Å². The van der Waals surface area contributed by atoms with E-state index in [1.807, 2.05) is 17.0 Å². The standard InChI is InChI=1S/C13H15N3O3/c17-12-2-1-5-16(12)10-3-4-11(14-6-10)15-7-9(8-15)13(18)19/h3-4,6,9H,1-2,5,7-8H2,(H,18,19). The Kier molecular flexibility index (Phi) is 2.85. The first-order valence-corrected chi connectivity index (χ1v) is 6.39. The Morgan fingerprint density at radius 3 is 2.68 bits per heavy atom. The van der Waals surface area contributed by atoms with Gasteiger partial charge in [0.25, 0.3) is 0 Å². The molecule has 19 heavy (non-hydrogen) atoms. The zero-order chi connectivity index (χ0) is 13.4. The van der Waals surface area contributed by atoms with Crippen LogP contribution in [0.4, 0.5) is 11.5 Å². The Morgan fingerprint density at radius 1 is 1.37 bits per heavy atom. The van der Waals surface area contributed by atoms with Crippen LogP contribution in [-0.2, 0) is 9.59 Å². The highest BCUT2D eigenvalue weighted by Crippen LogP contribution is 2.26. The molecule has 1 aromatic rings. The summed E-state index contributed by atoms with van der Waals surface area (Å²) in [6.45, 7) is 1.76. The molecule has 0 unspecified atom stereocenters. The predicted molar refractivity (Wildman–Crippen MR) is 69.2 cm³/mol. The molecule has 2 saturated heterocycles. The number of nitrogens with zero attached hydrogens (tertiary/aromatic N) is 3. The van der Waals surface area contributed by atoms with Crippen molar-refractivity contribution in [3.8, 4) is 0 Å². The molecule has 2 aliphatic rings. The van der Waals surface area contributed by atoms with Crippen molar-refractivity contribution >= 4 is 23.4 Å². The van der Waals surface area contributed by atoms with E-state index in [2.05, 4.69) is 4.98 Å². The first kappa shape index (κ1) is 12.0. The summed E-state index contributed by atoms with van der Waals surface area (Å²) in [5.41, 5.74) is 0.821. The maximum Gasteiger partial charge on any atom is 0.310 e. The average molecular weight is 261 g/mol. The van der Waals surface area contributed by atoms with Gasteiger partial charge in [0.05, 0.1) is 17.8 Å². The van der Waals surface area contributed by atoms with Gasteiger partial charge in [0.1, 0.15) is 5.82 Å². The van der Waals surface area contributed by atoms with E-state index in [0.29, 0.717) is 19.5 Å². The zero-order valence-corrected chi connectivity index (χ0v) is 10.5. The lowest BCUT2D eigenvalue weighted by molar-refractivity contribution is -0.142. The molecule has 0 radical (unpaired) electrons. The second-order valence-electron chi connectivity index (χ2n) is 4.96. The summed E-state index contributed by atoms with van der Waals surface area (Å²) in [7, 11) is 0. The second-order valence-corrected chi connectivity index (χ2v) is 4.96. The van der Waals surface area contributed by atoms with Gasteiger partial charge in [-0.3, -0.25) is 9.59 Å². The molecule has 0 saturated carbocycles. The van der Waals surface area contributed by atoms with Gasteiger partial charge in [0, 0.05) is 26.1 Å². The van der Waals surface area contributed by atoms with Crippen LogP contribution in [0.25, 0.3) is 0 Å². The molecule has 1 aromatic heterocycles. The van der Waals surface area contributed by atoms with Crippen molar-refractivity contribution in [1.82, 2.24) is 4.98 Å². The minimum Gasteiger partial charge on any atom is -0.481 e. The lowest BCUT2D eigenvalue weighted by Crippen LogP contribution is -2.50. The molecule has 0 aromatic carbocycles. The molecule has 6 heteroatoms. The average Bonchev–Trinajstić information content (AvgIpc) is 2.74. The number of hydrogen-bond donors (Lipinski definition) is 1. The SMILES string of the molecule is O=C(O)C1CN(c2ccc(N3CCCC3=O)cn2)C1. The molecule has 100 valence electrons. The van der Waals surface area contributed by atoms with Crippen molar-refractivity contribution in [2.75, 3.05) is 29.4 Å². The minimum atomic E-state index is -0.754. The van der Waals surface area contributed by atoms with Gasteiger partial charge in [0.2, 0.25) is 5.91 Å². The van der Waals surface area contributed by atoms with E-state index >= 15 is 0 Å². The van der Waals surface area contributed by atoms with Crippen LogP contribution in [0.5, 0.6) is 0 Å². The van der Waals surface area contributed by atoms with Gasteiger partial charge >= 0.3 is 5.97 Å². The monoisotopic (exact) mass is 261 g/mol. The van der Waals surface area contributed by atoms with Crippen molar-refractivity contribution in [2.45, 2.75) is 12.8 Å². The summed E-state index contributed by atoms with van der Waals surface area (Å²) in [6, 6.07) is 3.72. The van der Waals surface area contributed by atoms with E-state index in [0.717, 1.165) is 24.5 Å². The Balaban J connectivity index is 1.67. The lowest BCUT2D eigenvalue weighted by Gasteiger charge is -2.37. The molecule has 2 aliphatic heterocycles. The van der Waals surface area contributed by atoms with Crippen LogP contribution >= 0.6 is 0 Å². The first-order chi connectivity index (χ1) is 9.15. The number of rotatable bonds is 3. The number of aromatic nitrogens is 1. The van der Waals surface area contributed by atoms with Crippen LogP contribution in [-0.4, -0.2) is 41.6 Å². The van der Waals surface area contributed by atoms with Crippen LogP contribution in [0.1, 0.15) is 12.8 Å². The molecule has 1 N–H and O–H groups in total. The van der Waals surface area contributed by atoms with Crippen LogP contribution in [0.2, 0.25) is 0 Å². The van der Waals surface area contributed by atoms with Gasteiger partial charge in [-0.1, -0.05) is 0 Å². The maximum absolute atomic E-state index is 11.6. The predicted octanol–water partition coefficient (Wildman–Crippen LogP) is 0.729. The Morgan fingerprint density at radius 2 is 2.16 bits per heavy atom. The smallest absolute Gasteiger partial charge is 0.310 e. The fourth-order valence-electron chi connectivity index (χ4n) is 2.47. The Hall–Kier alpha value is -2.11. The minimum absolute atomic E-state index is 0.143. The van der Waals surface area contributed by atoms with Crippen LogP contribution in [0, 0.1) is 5.92 Å². The third-order valence-electron chi connectivity index (χ3n) is 3.67. The molecule has 3 heterocycles. The summed E-state index contributed by atoms with van der Waals surface area (Å²) >= 11 is 0. The van der Waals surface area contributed by atoms with Crippen molar-refractivity contribution in [3.05, 3.63) is 18.3 Å². The van der Waals surface area contributed by atoms with E-state index in [1.54, 1.807) is 11.1 Å². The number of anilines is 2. The maximum atomic E-state index is 11.6. The number of hydrogen-bond acceptors (Lipinski definition) is 4. The van der Waals surface area contributed by atoms with Crippen molar-refractivity contribution < 1.29 is 14.7 Å². The molecule has 1 amide bonds. The second kappa shape index (κ2) is 4.53. The first-order valence-electron chi connectivity index (χ1n) is 6.39. The number of carbonyl (C=O) groups excluding carboxylic acids is 1. The van der Waals surface area contributed by atoms with E-state index in [4.69, 9.17) is 5.11 Å². The van der Waals surface area contributed by atoms with Crippen molar-refractivity contribution in [2.24, 2.45) is 5.92 Å². The highest BCUT2D eigenvalue weighted by atomic mass is 16.4. The molecule has 3 rings (SSSR count). The van der Waals surface area contributed by atoms with Gasteiger partial charge in [-0.2, -0.15) is 0 Å². The number of pyridine rings is 1. The fourth-order valence-corrected chi connectivity index (χ4v) is 2.47. The number of carboxylic acid groups (broad SMARTS) is 1. The van der Waals surface area contributed by atoms with Gasteiger partial charge in [-0.05, 0) is 18.6 Å². The largest absolute Gasteiger partial charge is 0.481 e. The number of carbonyl (C=O) groups is 2. The van der Waals surface area contributed by atoms with Crippen LogP contribution < -0.4 is 9.80 Å². The molecule has 2 fully saturated rings. The van der Waals surface area contributed by atoms with Crippen molar-refractivity contribution in [1.29, 1.82) is 0 Å². The van der Waals surface area contributed by atoms with Crippen LogP contribution in [0.3, 0.4) is 0 Å². The highest BCUT2D eigenvalue weighted by Gasteiger charge is 2.33. The quantitative estimate of drug-likeness (QED) is 0.868. The van der Waals surface area contributed by atoms with E-state index in [-0.39, 0.29) is 11.8 Å². The normalized spacial score (nSPS) is 19.7. The fraction of sp³-hybridized carbons (Fsp3) is 0.462. The van der Waals surface area contributed by atoms with E-state index < -0.39 is 5.97 Å². The molecular formula is C13H15N3O3. The highest BCUT2D eigenvalue weighted by molar-refractivity contribution is 5.95.